The third kappa shape index (κ3) is 2.24. The number of rotatable bonds is 3. The van der Waals surface area contributed by atoms with Crippen LogP contribution >= 0.6 is 11.3 Å². The SMILES string of the molecule is CCN(C(=O)c1cc2ccc(F)cc2s1)C1CNC1. The summed E-state index contributed by atoms with van der Waals surface area (Å²) >= 11 is 1.36. The average molecular weight is 278 g/mol. The van der Waals surface area contributed by atoms with Crippen LogP contribution in [-0.4, -0.2) is 36.5 Å². The Kier molecular flexibility index (Phi) is 3.24. The van der Waals surface area contributed by atoms with Crippen molar-refractivity contribution in [3.8, 4) is 0 Å². The zero-order valence-electron chi connectivity index (χ0n) is 10.6. The van der Waals surface area contributed by atoms with Crippen molar-refractivity contribution >= 4 is 27.3 Å². The number of likely N-dealkylation sites (N-methyl/N-ethyl adjacent to an activating group) is 1. The van der Waals surface area contributed by atoms with E-state index in [1.54, 1.807) is 6.07 Å². The Bertz CT molecular complexity index is 621. The number of hydrogen-bond donors (Lipinski definition) is 1. The van der Waals surface area contributed by atoms with Crippen molar-refractivity contribution in [3.05, 3.63) is 35.0 Å². The normalized spacial score (nSPS) is 15.5. The summed E-state index contributed by atoms with van der Waals surface area (Å²) in [6.45, 7) is 4.41. The molecule has 3 nitrogen and oxygen atoms in total. The Hall–Kier alpha value is -1.46. The van der Waals surface area contributed by atoms with Gasteiger partial charge in [-0.1, -0.05) is 6.07 Å². The molecule has 0 radical (unpaired) electrons. The van der Waals surface area contributed by atoms with E-state index in [1.165, 1.54) is 23.5 Å². The predicted octanol–water partition coefficient (Wildman–Crippen LogP) is 2.47. The van der Waals surface area contributed by atoms with E-state index in [2.05, 4.69) is 5.32 Å². The van der Waals surface area contributed by atoms with Gasteiger partial charge in [0.05, 0.1) is 10.9 Å². The van der Waals surface area contributed by atoms with E-state index in [1.807, 2.05) is 17.9 Å². The van der Waals surface area contributed by atoms with Gasteiger partial charge in [-0.15, -0.1) is 11.3 Å². The van der Waals surface area contributed by atoms with Crippen molar-refractivity contribution in [1.29, 1.82) is 0 Å². The largest absolute Gasteiger partial charge is 0.333 e. The maximum atomic E-state index is 13.2. The summed E-state index contributed by atoms with van der Waals surface area (Å²) in [5.41, 5.74) is 0. The van der Waals surface area contributed by atoms with Crippen LogP contribution in [0.3, 0.4) is 0 Å². The minimum Gasteiger partial charge on any atom is -0.333 e. The van der Waals surface area contributed by atoms with Crippen LogP contribution in [0.15, 0.2) is 24.3 Å². The van der Waals surface area contributed by atoms with Crippen LogP contribution < -0.4 is 5.32 Å². The van der Waals surface area contributed by atoms with Crippen molar-refractivity contribution in [3.63, 3.8) is 0 Å². The first-order chi connectivity index (χ1) is 9.19. The second kappa shape index (κ2) is 4.90. The maximum absolute atomic E-state index is 13.2. The van der Waals surface area contributed by atoms with E-state index < -0.39 is 0 Å². The van der Waals surface area contributed by atoms with Crippen molar-refractivity contribution in [2.75, 3.05) is 19.6 Å². The lowest BCUT2D eigenvalue weighted by atomic mass is 10.1. The highest BCUT2D eigenvalue weighted by molar-refractivity contribution is 7.20. The van der Waals surface area contributed by atoms with E-state index >= 15 is 0 Å². The number of hydrogen-bond acceptors (Lipinski definition) is 3. The van der Waals surface area contributed by atoms with Crippen molar-refractivity contribution in [2.45, 2.75) is 13.0 Å². The summed E-state index contributed by atoms with van der Waals surface area (Å²) in [7, 11) is 0. The van der Waals surface area contributed by atoms with Gasteiger partial charge in [0.1, 0.15) is 5.82 Å². The Morgan fingerprint density at radius 3 is 2.89 bits per heavy atom. The first-order valence-corrected chi connectivity index (χ1v) is 7.21. The van der Waals surface area contributed by atoms with Gasteiger partial charge in [-0.25, -0.2) is 4.39 Å². The summed E-state index contributed by atoms with van der Waals surface area (Å²) in [6, 6.07) is 6.78. The Balaban J connectivity index is 1.91. The molecule has 19 heavy (non-hydrogen) atoms. The van der Waals surface area contributed by atoms with Crippen LogP contribution in [0.4, 0.5) is 4.39 Å². The lowest BCUT2D eigenvalue weighted by Crippen LogP contribution is -2.58. The molecular formula is C14H15FN2OS. The highest BCUT2D eigenvalue weighted by atomic mass is 32.1. The lowest BCUT2D eigenvalue weighted by molar-refractivity contribution is 0.0635. The van der Waals surface area contributed by atoms with E-state index in [-0.39, 0.29) is 11.7 Å². The molecule has 1 N–H and O–H groups in total. The number of halogens is 1. The van der Waals surface area contributed by atoms with Gasteiger partial charge in [-0.2, -0.15) is 0 Å². The van der Waals surface area contributed by atoms with E-state index in [0.717, 1.165) is 23.2 Å². The van der Waals surface area contributed by atoms with Gasteiger partial charge in [-0.05, 0) is 30.5 Å². The molecule has 3 rings (SSSR count). The highest BCUT2D eigenvalue weighted by Crippen LogP contribution is 2.28. The Morgan fingerprint density at radius 1 is 1.47 bits per heavy atom. The molecule has 2 heterocycles. The molecule has 0 spiro atoms. The first-order valence-electron chi connectivity index (χ1n) is 6.40. The molecule has 0 atom stereocenters. The second-order valence-electron chi connectivity index (χ2n) is 4.70. The third-order valence-corrected chi connectivity index (χ3v) is 4.58. The summed E-state index contributed by atoms with van der Waals surface area (Å²) < 4.78 is 14.0. The molecule has 0 bridgehead atoms. The molecule has 0 saturated carbocycles. The van der Waals surface area contributed by atoms with Gasteiger partial charge in [0.2, 0.25) is 0 Å². The zero-order chi connectivity index (χ0) is 13.4. The molecule has 0 aliphatic carbocycles. The fourth-order valence-corrected chi connectivity index (χ4v) is 3.36. The van der Waals surface area contributed by atoms with E-state index in [9.17, 15) is 9.18 Å². The number of amides is 1. The molecule has 2 aromatic rings. The molecule has 1 fully saturated rings. The Morgan fingerprint density at radius 2 is 2.26 bits per heavy atom. The summed E-state index contributed by atoms with van der Waals surface area (Å²) in [5, 5.41) is 4.10. The fourth-order valence-electron chi connectivity index (χ4n) is 2.31. The smallest absolute Gasteiger partial charge is 0.264 e. The van der Waals surface area contributed by atoms with Gasteiger partial charge in [0, 0.05) is 24.3 Å². The number of carbonyl (C=O) groups is 1. The van der Waals surface area contributed by atoms with Crippen molar-refractivity contribution in [2.24, 2.45) is 0 Å². The van der Waals surface area contributed by atoms with Crippen molar-refractivity contribution < 1.29 is 9.18 Å². The summed E-state index contributed by atoms with van der Waals surface area (Å²) in [4.78, 5) is 15.1. The molecule has 1 aliphatic heterocycles. The molecule has 1 aromatic heterocycles. The Labute approximate surface area is 115 Å². The number of carbonyl (C=O) groups excluding carboxylic acids is 1. The van der Waals surface area contributed by atoms with Crippen molar-refractivity contribution in [1.82, 2.24) is 10.2 Å². The second-order valence-corrected chi connectivity index (χ2v) is 5.78. The van der Waals surface area contributed by atoms with Crippen LogP contribution in [-0.2, 0) is 0 Å². The monoisotopic (exact) mass is 278 g/mol. The van der Waals surface area contributed by atoms with Gasteiger partial charge >= 0.3 is 0 Å². The molecule has 1 aliphatic rings. The molecule has 1 saturated heterocycles. The van der Waals surface area contributed by atoms with Gasteiger partial charge < -0.3 is 10.2 Å². The van der Waals surface area contributed by atoms with Gasteiger partial charge in [-0.3, -0.25) is 4.79 Å². The molecule has 5 heteroatoms. The van der Waals surface area contributed by atoms with E-state index in [4.69, 9.17) is 0 Å². The van der Waals surface area contributed by atoms with E-state index in [0.29, 0.717) is 17.5 Å². The average Bonchev–Trinajstić information content (AvgIpc) is 2.75. The third-order valence-electron chi connectivity index (χ3n) is 3.50. The fraction of sp³-hybridized carbons (Fsp3) is 0.357. The van der Waals surface area contributed by atoms with Crippen LogP contribution in [0.2, 0.25) is 0 Å². The first kappa shape index (κ1) is 12.6. The molecule has 100 valence electrons. The maximum Gasteiger partial charge on any atom is 0.264 e. The molecular weight excluding hydrogens is 263 g/mol. The zero-order valence-corrected chi connectivity index (χ0v) is 11.5. The van der Waals surface area contributed by atoms with Crippen LogP contribution in [0, 0.1) is 5.82 Å². The minimum absolute atomic E-state index is 0.0515. The van der Waals surface area contributed by atoms with Gasteiger partial charge in [0.15, 0.2) is 0 Å². The predicted molar refractivity (Wildman–Crippen MR) is 75.2 cm³/mol. The summed E-state index contributed by atoms with van der Waals surface area (Å²) in [5.74, 6) is -0.209. The highest BCUT2D eigenvalue weighted by Gasteiger charge is 2.28. The number of nitrogens with zero attached hydrogens (tertiary/aromatic N) is 1. The standard InChI is InChI=1S/C14H15FN2OS/c1-2-17(11-7-16-8-11)14(18)13-5-9-3-4-10(15)6-12(9)19-13/h3-6,11,16H,2,7-8H2,1H3. The minimum atomic E-state index is -0.260. The molecule has 1 aromatic carbocycles. The number of nitrogens with one attached hydrogen (secondary N) is 1. The summed E-state index contributed by atoms with van der Waals surface area (Å²) in [6.07, 6.45) is 0. The number of thiophene rings is 1. The van der Waals surface area contributed by atoms with Crippen LogP contribution in [0.5, 0.6) is 0 Å². The van der Waals surface area contributed by atoms with Crippen LogP contribution in [0.1, 0.15) is 16.6 Å². The van der Waals surface area contributed by atoms with Crippen LogP contribution in [0.25, 0.3) is 10.1 Å². The topological polar surface area (TPSA) is 32.3 Å². The quantitative estimate of drug-likeness (QED) is 0.935. The number of fused-ring (bicyclic) bond motifs is 1. The lowest BCUT2D eigenvalue weighted by Gasteiger charge is -2.37. The van der Waals surface area contributed by atoms with Gasteiger partial charge in [0.25, 0.3) is 5.91 Å². The number of benzene rings is 1. The molecule has 1 amide bonds. The molecule has 0 unspecified atom stereocenters.